The largest absolute Gasteiger partial charge is 0.481 e. The van der Waals surface area contributed by atoms with E-state index < -0.39 is 18.0 Å². The summed E-state index contributed by atoms with van der Waals surface area (Å²) in [5.41, 5.74) is 2.42. The van der Waals surface area contributed by atoms with Crippen molar-refractivity contribution in [2.45, 2.75) is 18.9 Å². The number of hydrogen-bond donors (Lipinski definition) is 2. The summed E-state index contributed by atoms with van der Waals surface area (Å²) in [6.07, 6.45) is 1.47. The highest BCUT2D eigenvalue weighted by Gasteiger charge is 2.31. The summed E-state index contributed by atoms with van der Waals surface area (Å²) in [5, 5.41) is 11.6. The third-order valence-corrected chi connectivity index (χ3v) is 4.61. The number of hydrogen-bond acceptors (Lipinski definition) is 6. The highest BCUT2D eigenvalue weighted by atomic mass is 16.6. The van der Waals surface area contributed by atoms with Crippen molar-refractivity contribution in [1.29, 1.82) is 0 Å². The van der Waals surface area contributed by atoms with Crippen LogP contribution in [0.5, 0.6) is 0 Å². The van der Waals surface area contributed by atoms with Gasteiger partial charge in [-0.25, -0.2) is 9.79 Å². The predicted molar refractivity (Wildman–Crippen MR) is 117 cm³/mol. The van der Waals surface area contributed by atoms with Gasteiger partial charge < -0.3 is 20.1 Å². The Labute approximate surface area is 179 Å². The van der Waals surface area contributed by atoms with Crippen LogP contribution in [0.2, 0.25) is 0 Å². The molecule has 0 radical (unpaired) electrons. The summed E-state index contributed by atoms with van der Waals surface area (Å²) in [4.78, 5) is 41.9. The molecule has 2 N–H and O–H groups in total. The number of carbonyl (C=O) groups is 3. The lowest BCUT2D eigenvalue weighted by Crippen LogP contribution is -2.28. The number of carbonyl (C=O) groups excluding carboxylic acids is 2. The van der Waals surface area contributed by atoms with Crippen LogP contribution >= 0.6 is 0 Å². The van der Waals surface area contributed by atoms with Crippen molar-refractivity contribution < 1.29 is 24.2 Å². The lowest BCUT2D eigenvalue weighted by molar-refractivity contribution is -0.138. The molecular formula is C23H23N3O5. The third-order valence-electron chi connectivity index (χ3n) is 4.61. The topological polar surface area (TPSA) is 108 Å². The van der Waals surface area contributed by atoms with Gasteiger partial charge in [0.25, 0.3) is 5.91 Å². The minimum Gasteiger partial charge on any atom is -0.481 e. The molecule has 31 heavy (non-hydrogen) atoms. The van der Waals surface area contributed by atoms with Crippen LogP contribution in [0.1, 0.15) is 28.8 Å². The van der Waals surface area contributed by atoms with Gasteiger partial charge in [-0.3, -0.25) is 9.59 Å². The van der Waals surface area contributed by atoms with Crippen molar-refractivity contribution in [2.24, 2.45) is 4.99 Å². The summed E-state index contributed by atoms with van der Waals surface area (Å²) in [5.74, 6) is -2.09. The number of aliphatic imine (C=N–C) groups is 1. The minimum absolute atomic E-state index is 0.0229. The van der Waals surface area contributed by atoms with Crippen LogP contribution < -0.4 is 10.2 Å². The standard InChI is InChI=1S/C23H23N3O5/c1-26(2)17-10-8-15(9-11-17)14-19(24-21(29)16-6-4-3-5-7-16)22-25-18(23(30)31-22)12-13-20(27)28/h3-11,14,18H,12-13H2,1-2H3,(H,24,29)(H,27,28). The molecule has 1 amide bonds. The van der Waals surface area contributed by atoms with Gasteiger partial charge in [0, 0.05) is 31.8 Å². The molecule has 1 heterocycles. The third kappa shape index (κ3) is 5.79. The SMILES string of the molecule is CN(C)c1ccc(C=C(NC(=O)c2ccccc2)C2=NC(CCC(=O)O)C(=O)O2)cc1. The van der Waals surface area contributed by atoms with Crippen LogP contribution in [0.3, 0.4) is 0 Å². The van der Waals surface area contributed by atoms with Crippen LogP contribution in [0.4, 0.5) is 5.69 Å². The van der Waals surface area contributed by atoms with Gasteiger partial charge in [-0.05, 0) is 42.3 Å². The maximum atomic E-state index is 12.7. The smallest absolute Gasteiger partial charge is 0.337 e. The van der Waals surface area contributed by atoms with E-state index in [1.54, 1.807) is 36.4 Å². The number of nitrogens with zero attached hydrogens (tertiary/aromatic N) is 2. The lowest BCUT2D eigenvalue weighted by Gasteiger charge is -2.13. The van der Waals surface area contributed by atoms with Crippen molar-refractivity contribution in [1.82, 2.24) is 5.32 Å². The molecule has 2 aromatic rings. The summed E-state index contributed by atoms with van der Waals surface area (Å²) in [7, 11) is 3.86. The number of amides is 1. The zero-order chi connectivity index (χ0) is 22.4. The van der Waals surface area contributed by atoms with Crippen LogP contribution in [0.15, 0.2) is 65.3 Å². The Hall–Kier alpha value is -3.94. The molecule has 0 aliphatic carbocycles. The number of aliphatic carboxylic acids is 1. The number of nitrogens with one attached hydrogen (secondary N) is 1. The van der Waals surface area contributed by atoms with Gasteiger partial charge in [-0.15, -0.1) is 0 Å². The Morgan fingerprint density at radius 2 is 1.81 bits per heavy atom. The van der Waals surface area contributed by atoms with Crippen LogP contribution in [0, 0.1) is 0 Å². The first-order valence-corrected chi connectivity index (χ1v) is 9.70. The zero-order valence-corrected chi connectivity index (χ0v) is 17.2. The van der Waals surface area contributed by atoms with E-state index in [-0.39, 0.29) is 30.3 Å². The van der Waals surface area contributed by atoms with E-state index in [4.69, 9.17) is 9.84 Å². The van der Waals surface area contributed by atoms with Crippen LogP contribution in [0.25, 0.3) is 6.08 Å². The van der Waals surface area contributed by atoms with E-state index in [9.17, 15) is 14.4 Å². The molecule has 0 aromatic heterocycles. The first-order chi connectivity index (χ1) is 14.8. The fourth-order valence-corrected chi connectivity index (χ4v) is 2.92. The molecule has 0 saturated carbocycles. The molecular weight excluding hydrogens is 398 g/mol. The first-order valence-electron chi connectivity index (χ1n) is 9.70. The number of cyclic esters (lactones) is 1. The number of ether oxygens (including phenoxy) is 1. The van der Waals surface area contributed by atoms with E-state index >= 15 is 0 Å². The normalized spacial score (nSPS) is 15.8. The molecule has 8 nitrogen and oxygen atoms in total. The van der Waals surface area contributed by atoms with E-state index in [1.807, 2.05) is 43.3 Å². The van der Waals surface area contributed by atoms with E-state index in [1.165, 1.54) is 0 Å². The average molecular weight is 421 g/mol. The number of rotatable bonds is 8. The summed E-state index contributed by atoms with van der Waals surface area (Å²) < 4.78 is 5.27. The quantitative estimate of drug-likeness (QED) is 0.635. The van der Waals surface area contributed by atoms with Gasteiger partial charge in [0.15, 0.2) is 6.04 Å². The molecule has 0 saturated heterocycles. The lowest BCUT2D eigenvalue weighted by atomic mass is 10.1. The van der Waals surface area contributed by atoms with Crippen molar-refractivity contribution in [3.63, 3.8) is 0 Å². The number of carboxylic acids is 1. The Morgan fingerprint density at radius 1 is 1.13 bits per heavy atom. The van der Waals surface area contributed by atoms with Crippen molar-refractivity contribution in [3.05, 3.63) is 71.4 Å². The molecule has 3 rings (SSSR count). The highest BCUT2D eigenvalue weighted by molar-refractivity contribution is 6.11. The van der Waals surface area contributed by atoms with Gasteiger partial charge in [-0.2, -0.15) is 0 Å². The molecule has 1 aliphatic heterocycles. The Morgan fingerprint density at radius 3 is 2.42 bits per heavy atom. The molecule has 1 unspecified atom stereocenters. The second-order valence-electron chi connectivity index (χ2n) is 7.17. The second-order valence-corrected chi connectivity index (χ2v) is 7.17. The number of carboxylic acid groups (broad SMARTS) is 1. The summed E-state index contributed by atoms with van der Waals surface area (Å²) in [6, 6.07) is 15.3. The molecule has 2 aromatic carbocycles. The summed E-state index contributed by atoms with van der Waals surface area (Å²) in [6.45, 7) is 0. The molecule has 0 bridgehead atoms. The molecule has 1 aliphatic rings. The van der Waals surface area contributed by atoms with E-state index in [2.05, 4.69) is 10.3 Å². The van der Waals surface area contributed by atoms with Gasteiger partial charge in [0.2, 0.25) is 5.90 Å². The van der Waals surface area contributed by atoms with Crippen molar-refractivity contribution in [3.8, 4) is 0 Å². The number of esters is 1. The van der Waals surface area contributed by atoms with Gasteiger partial charge in [0.1, 0.15) is 5.70 Å². The van der Waals surface area contributed by atoms with Gasteiger partial charge >= 0.3 is 11.9 Å². The van der Waals surface area contributed by atoms with E-state index in [0.29, 0.717) is 5.56 Å². The average Bonchev–Trinajstić information content (AvgIpc) is 3.13. The highest BCUT2D eigenvalue weighted by Crippen LogP contribution is 2.19. The van der Waals surface area contributed by atoms with Crippen LogP contribution in [-0.2, 0) is 14.3 Å². The fraction of sp³-hybridized carbons (Fsp3) is 0.217. The first kappa shape index (κ1) is 21.8. The van der Waals surface area contributed by atoms with Gasteiger partial charge in [0.05, 0.1) is 0 Å². The molecule has 160 valence electrons. The molecule has 1 atom stereocenters. The monoisotopic (exact) mass is 421 g/mol. The summed E-state index contributed by atoms with van der Waals surface area (Å²) >= 11 is 0. The minimum atomic E-state index is -1.02. The Bertz CT molecular complexity index is 1030. The molecule has 0 fully saturated rings. The van der Waals surface area contributed by atoms with Gasteiger partial charge in [-0.1, -0.05) is 30.3 Å². The maximum Gasteiger partial charge on any atom is 0.337 e. The fourth-order valence-electron chi connectivity index (χ4n) is 2.92. The Balaban J connectivity index is 1.90. The van der Waals surface area contributed by atoms with Crippen molar-refractivity contribution >= 4 is 35.5 Å². The maximum absolute atomic E-state index is 12.7. The Kier molecular flexibility index (Phi) is 6.81. The molecule has 8 heteroatoms. The van der Waals surface area contributed by atoms with Crippen molar-refractivity contribution in [2.75, 3.05) is 19.0 Å². The second kappa shape index (κ2) is 9.71. The van der Waals surface area contributed by atoms with E-state index in [0.717, 1.165) is 11.3 Å². The predicted octanol–water partition coefficient (Wildman–Crippen LogP) is 2.71. The zero-order valence-electron chi connectivity index (χ0n) is 17.2. The number of benzene rings is 2. The molecule has 0 spiro atoms. The number of anilines is 1. The van der Waals surface area contributed by atoms with Crippen LogP contribution in [-0.4, -0.2) is 49.0 Å².